The third-order valence-electron chi connectivity index (χ3n) is 6.10. The Balaban J connectivity index is 1.39. The third kappa shape index (κ3) is 5.08. The quantitative estimate of drug-likeness (QED) is 0.541. The van der Waals surface area contributed by atoms with Crippen molar-refractivity contribution in [1.82, 2.24) is 19.6 Å². The van der Waals surface area contributed by atoms with Crippen LogP contribution in [0.15, 0.2) is 24.3 Å². The smallest absolute Gasteiger partial charge is 0.339 e. The molecule has 1 fully saturated rings. The molecule has 1 aromatic heterocycles. The Labute approximate surface area is 178 Å². The van der Waals surface area contributed by atoms with Crippen LogP contribution in [0.5, 0.6) is 0 Å². The number of alkyl halides is 3. The van der Waals surface area contributed by atoms with E-state index in [-0.39, 0.29) is 23.8 Å². The first-order valence-corrected chi connectivity index (χ1v) is 10.7. The van der Waals surface area contributed by atoms with Crippen LogP contribution in [0.1, 0.15) is 41.8 Å². The molecule has 2 aromatic rings. The van der Waals surface area contributed by atoms with Crippen molar-refractivity contribution >= 4 is 5.91 Å². The average Bonchev–Trinajstić information content (AvgIpc) is 2.91. The second kappa shape index (κ2) is 8.98. The SMILES string of the molecule is O=C(Cn1nc(C(F)(F)F)c2c1CCCCC2)N1CCN(Cc2ccc(F)cc2)CC1. The van der Waals surface area contributed by atoms with Gasteiger partial charge in [-0.25, -0.2) is 4.39 Å². The number of fused-ring (bicyclic) bond motifs is 1. The summed E-state index contributed by atoms with van der Waals surface area (Å²) >= 11 is 0. The predicted molar refractivity (Wildman–Crippen MR) is 107 cm³/mol. The summed E-state index contributed by atoms with van der Waals surface area (Å²) in [7, 11) is 0. The Morgan fingerprint density at radius 3 is 2.32 bits per heavy atom. The normalized spacial score (nSPS) is 18.0. The van der Waals surface area contributed by atoms with Crippen LogP contribution < -0.4 is 0 Å². The fourth-order valence-electron chi connectivity index (χ4n) is 4.44. The van der Waals surface area contributed by atoms with Gasteiger partial charge in [0.25, 0.3) is 0 Å². The fourth-order valence-corrected chi connectivity index (χ4v) is 4.44. The summed E-state index contributed by atoms with van der Waals surface area (Å²) in [5.74, 6) is -0.478. The van der Waals surface area contributed by atoms with Crippen molar-refractivity contribution in [3.8, 4) is 0 Å². The maximum absolute atomic E-state index is 13.5. The van der Waals surface area contributed by atoms with Crippen molar-refractivity contribution < 1.29 is 22.4 Å². The van der Waals surface area contributed by atoms with Crippen LogP contribution in [-0.4, -0.2) is 51.7 Å². The Kier molecular flexibility index (Phi) is 6.31. The summed E-state index contributed by atoms with van der Waals surface area (Å²) in [6.07, 6.45) is -1.21. The van der Waals surface area contributed by atoms with Gasteiger partial charge >= 0.3 is 6.18 Å². The Bertz CT molecular complexity index is 915. The van der Waals surface area contributed by atoms with Crippen molar-refractivity contribution in [3.05, 3.63) is 52.6 Å². The van der Waals surface area contributed by atoms with E-state index < -0.39 is 11.9 Å². The minimum absolute atomic E-state index is 0.156. The van der Waals surface area contributed by atoms with Crippen molar-refractivity contribution in [2.75, 3.05) is 26.2 Å². The largest absolute Gasteiger partial charge is 0.435 e. The summed E-state index contributed by atoms with van der Waals surface area (Å²) in [4.78, 5) is 16.7. The number of benzene rings is 1. The van der Waals surface area contributed by atoms with Gasteiger partial charge in [0.2, 0.25) is 5.91 Å². The second-order valence-corrected chi connectivity index (χ2v) is 8.27. The van der Waals surface area contributed by atoms with E-state index in [1.807, 2.05) is 0 Å². The summed E-state index contributed by atoms with van der Waals surface area (Å²) in [5.41, 5.74) is 0.997. The number of nitrogens with zero attached hydrogens (tertiary/aromatic N) is 4. The number of carbonyl (C=O) groups excluding carboxylic acids is 1. The van der Waals surface area contributed by atoms with Crippen LogP contribution in [0, 0.1) is 5.82 Å². The maximum atomic E-state index is 13.5. The lowest BCUT2D eigenvalue weighted by Crippen LogP contribution is -2.49. The highest BCUT2D eigenvalue weighted by Crippen LogP contribution is 2.35. The number of halogens is 4. The molecule has 0 N–H and O–H groups in total. The van der Waals surface area contributed by atoms with Crippen LogP contribution in [0.25, 0.3) is 0 Å². The standard InChI is InChI=1S/C22H26F4N4O/c23-17-8-6-16(7-9-17)14-28-10-12-29(13-11-28)20(31)15-30-19-5-3-1-2-4-18(19)21(27-30)22(24,25)26/h6-9H,1-5,10-15H2. The van der Waals surface area contributed by atoms with E-state index in [9.17, 15) is 22.4 Å². The second-order valence-electron chi connectivity index (χ2n) is 8.27. The molecule has 2 aliphatic rings. The van der Waals surface area contributed by atoms with Crippen molar-refractivity contribution in [1.29, 1.82) is 0 Å². The molecular formula is C22H26F4N4O. The highest BCUT2D eigenvalue weighted by Gasteiger charge is 2.39. The number of carbonyl (C=O) groups is 1. The van der Waals surface area contributed by atoms with E-state index in [1.165, 1.54) is 16.8 Å². The first-order chi connectivity index (χ1) is 14.8. The lowest BCUT2D eigenvalue weighted by Gasteiger charge is -2.34. The molecule has 4 rings (SSSR count). The van der Waals surface area contributed by atoms with Gasteiger partial charge in [-0.3, -0.25) is 14.4 Å². The van der Waals surface area contributed by atoms with E-state index in [0.717, 1.165) is 18.4 Å². The number of amides is 1. The van der Waals surface area contributed by atoms with E-state index in [2.05, 4.69) is 10.00 Å². The van der Waals surface area contributed by atoms with Gasteiger partial charge in [0.05, 0.1) is 0 Å². The first-order valence-electron chi connectivity index (χ1n) is 10.7. The molecule has 0 unspecified atom stereocenters. The lowest BCUT2D eigenvalue weighted by atomic mass is 10.1. The van der Waals surface area contributed by atoms with Gasteiger partial charge in [-0.2, -0.15) is 18.3 Å². The summed E-state index contributed by atoms with van der Waals surface area (Å²) < 4.78 is 54.7. The van der Waals surface area contributed by atoms with Crippen molar-refractivity contribution in [2.45, 2.75) is 51.4 Å². The van der Waals surface area contributed by atoms with Gasteiger partial charge in [-0.1, -0.05) is 18.6 Å². The van der Waals surface area contributed by atoms with Gasteiger partial charge in [0, 0.05) is 44.0 Å². The molecular weight excluding hydrogens is 412 g/mol. The summed E-state index contributed by atoms with van der Waals surface area (Å²) in [5, 5.41) is 3.82. The number of piperazine rings is 1. The Morgan fingerprint density at radius 1 is 0.968 bits per heavy atom. The predicted octanol–water partition coefficient (Wildman–Crippen LogP) is 3.65. The van der Waals surface area contributed by atoms with Crippen molar-refractivity contribution in [3.63, 3.8) is 0 Å². The molecule has 0 bridgehead atoms. The molecule has 2 heterocycles. The topological polar surface area (TPSA) is 41.4 Å². The monoisotopic (exact) mass is 438 g/mol. The van der Waals surface area contributed by atoms with E-state index in [4.69, 9.17) is 0 Å². The lowest BCUT2D eigenvalue weighted by molar-refractivity contribution is -0.142. The number of aromatic nitrogens is 2. The molecule has 0 spiro atoms. The van der Waals surface area contributed by atoms with Gasteiger partial charge in [0.1, 0.15) is 12.4 Å². The van der Waals surface area contributed by atoms with Crippen LogP contribution in [0.4, 0.5) is 17.6 Å². The Hall–Kier alpha value is -2.42. The van der Waals surface area contributed by atoms with E-state index in [1.54, 1.807) is 17.0 Å². The molecule has 168 valence electrons. The molecule has 1 aliphatic carbocycles. The zero-order valence-corrected chi connectivity index (χ0v) is 17.3. The number of hydrogen-bond acceptors (Lipinski definition) is 3. The maximum Gasteiger partial charge on any atom is 0.435 e. The highest BCUT2D eigenvalue weighted by atomic mass is 19.4. The van der Waals surface area contributed by atoms with Gasteiger partial charge < -0.3 is 4.90 Å². The van der Waals surface area contributed by atoms with Gasteiger partial charge in [0.15, 0.2) is 5.69 Å². The third-order valence-corrected chi connectivity index (χ3v) is 6.10. The van der Waals surface area contributed by atoms with Gasteiger partial charge in [-0.05, 0) is 43.4 Å². The van der Waals surface area contributed by atoms with Crippen LogP contribution in [0.2, 0.25) is 0 Å². The van der Waals surface area contributed by atoms with E-state index >= 15 is 0 Å². The molecule has 0 saturated carbocycles. The van der Waals surface area contributed by atoms with Crippen molar-refractivity contribution in [2.24, 2.45) is 0 Å². The Morgan fingerprint density at radius 2 is 1.65 bits per heavy atom. The molecule has 31 heavy (non-hydrogen) atoms. The zero-order valence-electron chi connectivity index (χ0n) is 17.3. The minimum Gasteiger partial charge on any atom is -0.339 e. The molecule has 5 nitrogen and oxygen atoms in total. The number of rotatable bonds is 4. The fraction of sp³-hybridized carbons (Fsp3) is 0.545. The van der Waals surface area contributed by atoms with Gasteiger partial charge in [-0.15, -0.1) is 0 Å². The summed E-state index contributed by atoms with van der Waals surface area (Å²) in [6.45, 7) is 2.85. The minimum atomic E-state index is -4.51. The van der Waals surface area contributed by atoms with Crippen LogP contribution in [-0.2, 0) is 36.9 Å². The van der Waals surface area contributed by atoms with Crippen LogP contribution in [0.3, 0.4) is 0 Å². The average molecular weight is 438 g/mol. The molecule has 1 amide bonds. The molecule has 1 saturated heterocycles. The molecule has 0 atom stereocenters. The molecule has 1 aliphatic heterocycles. The highest BCUT2D eigenvalue weighted by molar-refractivity contribution is 5.76. The summed E-state index contributed by atoms with van der Waals surface area (Å²) in [6, 6.07) is 6.34. The molecule has 1 aromatic carbocycles. The first kappa shape index (κ1) is 21.8. The molecule has 0 radical (unpaired) electrons. The zero-order chi connectivity index (χ0) is 22.0. The number of hydrogen-bond donors (Lipinski definition) is 0. The van der Waals surface area contributed by atoms with E-state index in [0.29, 0.717) is 57.7 Å². The molecule has 9 heteroatoms. The van der Waals surface area contributed by atoms with Crippen LogP contribution >= 0.6 is 0 Å².